The molecule has 0 spiro atoms. The highest BCUT2D eigenvalue weighted by Gasteiger charge is 2.25. The van der Waals surface area contributed by atoms with Crippen molar-refractivity contribution >= 4 is 25.0 Å². The van der Waals surface area contributed by atoms with Gasteiger partial charge in [-0.3, -0.25) is 4.79 Å². The maximum Gasteiger partial charge on any atom is 0.307 e. The maximum atomic E-state index is 11.9. The summed E-state index contributed by atoms with van der Waals surface area (Å²) in [5.41, 5.74) is 5.54. The molecule has 2 atom stereocenters. The minimum atomic E-state index is -0.736. The zero-order chi connectivity index (χ0) is 21.3. The van der Waals surface area contributed by atoms with Crippen LogP contribution in [0.1, 0.15) is 23.6 Å². The summed E-state index contributed by atoms with van der Waals surface area (Å²) in [6.45, 7) is 2.50. The lowest BCUT2D eigenvalue weighted by molar-refractivity contribution is -0.143. The Kier molecular flexibility index (Phi) is 8.17. The highest BCUT2D eigenvalue weighted by atomic mass is 32.2. The summed E-state index contributed by atoms with van der Waals surface area (Å²) in [6, 6.07) is 26.4. The molecule has 0 fully saturated rings. The van der Waals surface area contributed by atoms with Crippen LogP contribution in [0, 0.1) is 11.8 Å². The zero-order valence-corrected chi connectivity index (χ0v) is 17.8. The molecule has 2 unspecified atom stereocenters. The summed E-state index contributed by atoms with van der Waals surface area (Å²) < 4.78 is 5.14. The van der Waals surface area contributed by atoms with E-state index in [1.807, 2.05) is 49.4 Å². The maximum absolute atomic E-state index is 11.9. The van der Waals surface area contributed by atoms with Gasteiger partial charge in [0.2, 0.25) is 7.12 Å². The Labute approximate surface area is 184 Å². The van der Waals surface area contributed by atoms with E-state index in [9.17, 15) is 9.90 Å². The number of carbonyl (C=O) groups is 1. The summed E-state index contributed by atoms with van der Waals surface area (Å²) in [6.07, 6.45) is 1.28. The molecule has 3 aromatic rings. The number of hydrogen-bond acceptors (Lipinski definition) is 3. The van der Waals surface area contributed by atoms with E-state index >= 15 is 0 Å². The lowest BCUT2D eigenvalue weighted by Gasteiger charge is -2.20. The fourth-order valence-corrected chi connectivity index (χ4v) is 3.85. The average molecular weight is 416 g/mol. The van der Waals surface area contributed by atoms with Gasteiger partial charge < -0.3 is 9.29 Å². The van der Waals surface area contributed by atoms with Crippen molar-refractivity contribution in [1.29, 1.82) is 0 Å². The molecular formula is C25H25BO3S. The molecular weight excluding hydrogens is 391 g/mol. The lowest BCUT2D eigenvalue weighted by atomic mass is 9.84. The van der Waals surface area contributed by atoms with Crippen LogP contribution >= 0.6 is 11.9 Å². The van der Waals surface area contributed by atoms with E-state index < -0.39 is 11.9 Å². The molecule has 152 valence electrons. The summed E-state index contributed by atoms with van der Waals surface area (Å²) >= 11 is 0.871. The third kappa shape index (κ3) is 6.25. The minimum Gasteiger partial charge on any atom is -0.481 e. The monoisotopic (exact) mass is 416 g/mol. The number of carboxylic acid groups (broad SMARTS) is 1. The molecule has 0 bridgehead atoms. The van der Waals surface area contributed by atoms with Crippen LogP contribution in [-0.4, -0.2) is 18.2 Å². The van der Waals surface area contributed by atoms with E-state index in [1.54, 1.807) is 0 Å². The molecule has 0 aliphatic heterocycles. The Bertz CT molecular complexity index is 927. The first kappa shape index (κ1) is 22.2. The number of aliphatic carboxylic acids is 1. The lowest BCUT2D eigenvalue weighted by Crippen LogP contribution is -2.25. The molecule has 3 aromatic carbocycles. The molecule has 30 heavy (non-hydrogen) atoms. The summed E-state index contributed by atoms with van der Waals surface area (Å²) in [4.78, 5) is 11.9. The van der Waals surface area contributed by atoms with Crippen LogP contribution in [-0.2, 0) is 28.4 Å². The van der Waals surface area contributed by atoms with Gasteiger partial charge in [0.25, 0.3) is 0 Å². The topological polar surface area (TPSA) is 46.5 Å². The largest absolute Gasteiger partial charge is 0.481 e. The quantitative estimate of drug-likeness (QED) is 0.339. The Hall–Kier alpha value is -2.50. The van der Waals surface area contributed by atoms with Gasteiger partial charge in [-0.2, -0.15) is 0 Å². The van der Waals surface area contributed by atoms with E-state index in [2.05, 4.69) is 36.4 Å². The molecule has 0 saturated heterocycles. The standard InChI is InChI=1S/C25H25BO3S/c1-18(24(25(27)28)16-19-5-3-2-4-6-19)15-20-7-11-22(12-8-20)23-13-9-21(10-14-23)17-29-30-26/h2-14,18,24H,15-17H2,1H3,(H,27,28). The molecule has 0 aliphatic carbocycles. The smallest absolute Gasteiger partial charge is 0.307 e. The van der Waals surface area contributed by atoms with Crippen molar-refractivity contribution in [3.8, 4) is 11.1 Å². The molecule has 0 aliphatic rings. The Balaban J connectivity index is 1.64. The van der Waals surface area contributed by atoms with Crippen LogP contribution < -0.4 is 0 Å². The van der Waals surface area contributed by atoms with Crippen molar-refractivity contribution in [3.63, 3.8) is 0 Å². The van der Waals surface area contributed by atoms with Gasteiger partial charge in [-0.25, -0.2) is 0 Å². The average Bonchev–Trinajstić information content (AvgIpc) is 2.77. The van der Waals surface area contributed by atoms with Crippen molar-refractivity contribution in [2.45, 2.75) is 26.4 Å². The van der Waals surface area contributed by atoms with Gasteiger partial charge in [0.15, 0.2) is 0 Å². The predicted octanol–water partition coefficient (Wildman–Crippen LogP) is 5.72. The molecule has 0 saturated carbocycles. The number of benzene rings is 3. The summed E-state index contributed by atoms with van der Waals surface area (Å²) in [5, 5.41) is 9.74. The normalized spacial score (nSPS) is 13.0. The van der Waals surface area contributed by atoms with Gasteiger partial charge in [-0.05, 0) is 46.6 Å². The Morgan fingerprint density at radius 2 is 1.40 bits per heavy atom. The summed E-state index contributed by atoms with van der Waals surface area (Å²) in [7, 11) is 5.28. The molecule has 0 heterocycles. The van der Waals surface area contributed by atoms with Crippen molar-refractivity contribution in [2.24, 2.45) is 11.8 Å². The molecule has 1 N–H and O–H groups in total. The molecule has 3 nitrogen and oxygen atoms in total. The highest BCUT2D eigenvalue weighted by molar-refractivity contribution is 8.15. The van der Waals surface area contributed by atoms with Crippen LogP contribution in [0.3, 0.4) is 0 Å². The highest BCUT2D eigenvalue weighted by Crippen LogP contribution is 2.25. The first-order valence-electron chi connectivity index (χ1n) is 10.00. The molecule has 2 radical (unpaired) electrons. The van der Waals surface area contributed by atoms with Gasteiger partial charge in [0, 0.05) is 0 Å². The zero-order valence-electron chi connectivity index (χ0n) is 17.0. The number of carboxylic acids is 1. The second kappa shape index (κ2) is 11.0. The van der Waals surface area contributed by atoms with E-state index in [0.717, 1.165) is 46.1 Å². The van der Waals surface area contributed by atoms with E-state index in [1.165, 1.54) is 0 Å². The Morgan fingerprint density at radius 3 is 1.93 bits per heavy atom. The van der Waals surface area contributed by atoms with Crippen molar-refractivity contribution in [3.05, 3.63) is 95.6 Å². The SMILES string of the molecule is [B]SOCc1ccc(-c2ccc(CC(C)C(Cc3ccccc3)C(=O)O)cc2)cc1. The van der Waals surface area contributed by atoms with Crippen molar-refractivity contribution in [2.75, 3.05) is 0 Å². The second-order valence-corrected chi connectivity index (χ2v) is 8.00. The van der Waals surface area contributed by atoms with E-state index in [4.69, 9.17) is 11.3 Å². The van der Waals surface area contributed by atoms with Crippen LogP contribution in [0.5, 0.6) is 0 Å². The van der Waals surface area contributed by atoms with Gasteiger partial charge in [-0.1, -0.05) is 97.7 Å². The second-order valence-electron chi connectivity index (χ2n) is 7.57. The van der Waals surface area contributed by atoms with Crippen LogP contribution in [0.15, 0.2) is 78.9 Å². The van der Waals surface area contributed by atoms with Gasteiger partial charge in [0.1, 0.15) is 0 Å². The van der Waals surface area contributed by atoms with Crippen LogP contribution in [0.2, 0.25) is 0 Å². The Morgan fingerprint density at radius 1 is 0.867 bits per heavy atom. The van der Waals surface area contributed by atoms with Crippen LogP contribution in [0.25, 0.3) is 11.1 Å². The molecule has 0 amide bonds. The molecule has 3 rings (SSSR count). The van der Waals surface area contributed by atoms with Gasteiger partial charge in [-0.15, -0.1) is 0 Å². The van der Waals surface area contributed by atoms with E-state index in [-0.39, 0.29) is 5.92 Å². The van der Waals surface area contributed by atoms with Gasteiger partial charge in [0.05, 0.1) is 12.5 Å². The summed E-state index contributed by atoms with van der Waals surface area (Å²) in [5.74, 6) is -1.11. The van der Waals surface area contributed by atoms with Crippen LogP contribution in [0.4, 0.5) is 0 Å². The molecule has 5 heteroatoms. The predicted molar refractivity (Wildman–Crippen MR) is 124 cm³/mol. The number of hydrogen-bond donors (Lipinski definition) is 1. The first-order chi connectivity index (χ1) is 14.6. The van der Waals surface area contributed by atoms with Crippen molar-refractivity contribution < 1.29 is 14.1 Å². The fraction of sp³-hybridized carbons (Fsp3) is 0.240. The fourth-order valence-electron chi connectivity index (χ4n) is 3.64. The van der Waals surface area contributed by atoms with Gasteiger partial charge >= 0.3 is 5.97 Å². The van der Waals surface area contributed by atoms with E-state index in [0.29, 0.717) is 13.0 Å². The third-order valence-corrected chi connectivity index (χ3v) is 5.65. The first-order valence-corrected chi connectivity index (χ1v) is 10.8. The van der Waals surface area contributed by atoms with Crippen molar-refractivity contribution in [1.82, 2.24) is 0 Å². The number of rotatable bonds is 10. The minimum absolute atomic E-state index is 0.0354. The molecule has 0 aromatic heterocycles. The third-order valence-electron chi connectivity index (χ3n) is 5.40.